The van der Waals surface area contributed by atoms with Crippen LogP contribution in [0.1, 0.15) is 44.9 Å². The smallest absolute Gasteiger partial charge is 0.241 e. The number of hydrogen-bond donors (Lipinski definition) is 3. The zero-order valence-electron chi connectivity index (χ0n) is 15.4. The van der Waals surface area contributed by atoms with Gasteiger partial charge in [-0.05, 0) is 69.6 Å². The summed E-state index contributed by atoms with van der Waals surface area (Å²) >= 11 is 0. The van der Waals surface area contributed by atoms with E-state index in [0.29, 0.717) is 6.54 Å². The molecular formula is C20H30N4O2. The van der Waals surface area contributed by atoms with E-state index in [1.807, 2.05) is 24.3 Å². The van der Waals surface area contributed by atoms with E-state index in [2.05, 4.69) is 20.9 Å². The van der Waals surface area contributed by atoms with Crippen LogP contribution in [0.15, 0.2) is 24.3 Å². The third kappa shape index (κ3) is 5.81. The summed E-state index contributed by atoms with van der Waals surface area (Å²) in [5, 5.41) is 9.14. The van der Waals surface area contributed by atoms with Crippen LogP contribution in [-0.2, 0) is 9.59 Å². The fourth-order valence-electron chi connectivity index (χ4n) is 3.64. The van der Waals surface area contributed by atoms with Crippen molar-refractivity contribution in [2.75, 3.05) is 36.8 Å². The van der Waals surface area contributed by atoms with E-state index < -0.39 is 0 Å². The first-order valence-electron chi connectivity index (χ1n) is 9.87. The van der Waals surface area contributed by atoms with Crippen molar-refractivity contribution in [3.63, 3.8) is 0 Å². The molecule has 2 fully saturated rings. The Kier molecular flexibility index (Phi) is 7.03. The summed E-state index contributed by atoms with van der Waals surface area (Å²) in [6, 6.07) is 7.25. The maximum absolute atomic E-state index is 12.2. The molecule has 1 aromatic carbocycles. The van der Waals surface area contributed by atoms with Gasteiger partial charge >= 0.3 is 0 Å². The Hall–Kier alpha value is -1.92. The van der Waals surface area contributed by atoms with Crippen LogP contribution < -0.4 is 16.0 Å². The molecule has 2 aliphatic heterocycles. The molecule has 2 heterocycles. The van der Waals surface area contributed by atoms with Gasteiger partial charge in [0.25, 0.3) is 0 Å². The number of amides is 2. The van der Waals surface area contributed by atoms with E-state index in [9.17, 15) is 9.59 Å². The van der Waals surface area contributed by atoms with Crippen LogP contribution in [0.4, 0.5) is 11.4 Å². The Morgan fingerprint density at radius 1 is 0.923 bits per heavy atom. The van der Waals surface area contributed by atoms with Crippen molar-refractivity contribution in [3.05, 3.63) is 24.3 Å². The molecule has 2 amide bonds. The van der Waals surface area contributed by atoms with E-state index in [1.54, 1.807) is 0 Å². The fraction of sp³-hybridized carbons (Fsp3) is 0.600. The van der Waals surface area contributed by atoms with Gasteiger partial charge in [0.15, 0.2) is 0 Å². The van der Waals surface area contributed by atoms with Crippen molar-refractivity contribution in [1.82, 2.24) is 10.2 Å². The standard InChI is InChI=1S/C20H30N4O2/c25-19(15-24-13-5-1-2-6-14-24)22-16-8-10-17(11-9-16)23-20(26)18-7-3-4-12-21-18/h8-11,18,21H,1-7,12-15H2,(H,22,25)(H,23,26)/t18-/m1/s1. The lowest BCUT2D eigenvalue weighted by molar-refractivity contribution is -0.119. The molecular weight excluding hydrogens is 328 g/mol. The Morgan fingerprint density at radius 2 is 1.58 bits per heavy atom. The average Bonchev–Trinajstić information content (AvgIpc) is 2.92. The normalized spacial score (nSPS) is 21.6. The molecule has 0 spiro atoms. The first kappa shape index (κ1) is 18.9. The van der Waals surface area contributed by atoms with E-state index in [4.69, 9.17) is 0 Å². The molecule has 26 heavy (non-hydrogen) atoms. The number of rotatable bonds is 5. The Balaban J connectivity index is 1.46. The van der Waals surface area contributed by atoms with Crippen molar-refractivity contribution in [3.8, 4) is 0 Å². The molecule has 0 bridgehead atoms. The third-order valence-corrected chi connectivity index (χ3v) is 5.13. The van der Waals surface area contributed by atoms with Crippen LogP contribution in [0, 0.1) is 0 Å². The molecule has 142 valence electrons. The summed E-state index contributed by atoms with van der Waals surface area (Å²) in [4.78, 5) is 26.7. The molecule has 0 radical (unpaired) electrons. The van der Waals surface area contributed by atoms with Gasteiger partial charge < -0.3 is 16.0 Å². The second kappa shape index (κ2) is 9.69. The number of hydrogen-bond acceptors (Lipinski definition) is 4. The number of nitrogens with zero attached hydrogens (tertiary/aromatic N) is 1. The summed E-state index contributed by atoms with van der Waals surface area (Å²) in [6.45, 7) is 3.37. The van der Waals surface area contributed by atoms with Gasteiger partial charge in [0.05, 0.1) is 12.6 Å². The van der Waals surface area contributed by atoms with Crippen LogP contribution in [0.3, 0.4) is 0 Å². The van der Waals surface area contributed by atoms with E-state index in [-0.39, 0.29) is 17.9 Å². The largest absolute Gasteiger partial charge is 0.325 e. The Bertz CT molecular complexity index is 588. The molecule has 6 heteroatoms. The maximum atomic E-state index is 12.2. The molecule has 2 aliphatic rings. The van der Waals surface area contributed by atoms with Gasteiger partial charge in [-0.2, -0.15) is 0 Å². The molecule has 1 aromatic rings. The quantitative estimate of drug-likeness (QED) is 0.756. The van der Waals surface area contributed by atoms with Crippen LogP contribution in [0.25, 0.3) is 0 Å². The molecule has 3 N–H and O–H groups in total. The van der Waals surface area contributed by atoms with E-state index >= 15 is 0 Å². The Labute approximate surface area is 155 Å². The molecule has 1 atom stereocenters. The van der Waals surface area contributed by atoms with Gasteiger partial charge in [0.2, 0.25) is 11.8 Å². The number of anilines is 2. The first-order valence-corrected chi connectivity index (χ1v) is 9.87. The monoisotopic (exact) mass is 358 g/mol. The summed E-state index contributed by atoms with van der Waals surface area (Å²) in [5.74, 6) is 0.0396. The van der Waals surface area contributed by atoms with Crippen molar-refractivity contribution in [1.29, 1.82) is 0 Å². The summed E-state index contributed by atoms with van der Waals surface area (Å²) in [5.41, 5.74) is 1.52. The van der Waals surface area contributed by atoms with Gasteiger partial charge in [-0.15, -0.1) is 0 Å². The number of carbonyl (C=O) groups excluding carboxylic acids is 2. The second-order valence-electron chi connectivity index (χ2n) is 7.31. The lowest BCUT2D eigenvalue weighted by Gasteiger charge is -2.22. The predicted molar refractivity (Wildman–Crippen MR) is 104 cm³/mol. The van der Waals surface area contributed by atoms with Crippen molar-refractivity contribution in [2.24, 2.45) is 0 Å². The van der Waals surface area contributed by atoms with Crippen LogP contribution in [0.5, 0.6) is 0 Å². The van der Waals surface area contributed by atoms with Crippen molar-refractivity contribution >= 4 is 23.2 Å². The molecule has 0 aliphatic carbocycles. The summed E-state index contributed by atoms with van der Waals surface area (Å²) < 4.78 is 0. The van der Waals surface area contributed by atoms with Gasteiger partial charge in [-0.25, -0.2) is 0 Å². The third-order valence-electron chi connectivity index (χ3n) is 5.13. The van der Waals surface area contributed by atoms with Gasteiger partial charge in [0.1, 0.15) is 0 Å². The molecule has 2 saturated heterocycles. The molecule has 0 unspecified atom stereocenters. The maximum Gasteiger partial charge on any atom is 0.241 e. The average molecular weight is 358 g/mol. The lowest BCUT2D eigenvalue weighted by atomic mass is 10.0. The number of nitrogens with one attached hydrogen (secondary N) is 3. The topological polar surface area (TPSA) is 73.5 Å². The highest BCUT2D eigenvalue weighted by atomic mass is 16.2. The van der Waals surface area contributed by atoms with Crippen molar-refractivity contribution in [2.45, 2.75) is 51.0 Å². The van der Waals surface area contributed by atoms with Gasteiger partial charge in [-0.3, -0.25) is 14.5 Å². The number of piperidine rings is 1. The number of benzene rings is 1. The van der Waals surface area contributed by atoms with Gasteiger partial charge in [0, 0.05) is 11.4 Å². The highest BCUT2D eigenvalue weighted by molar-refractivity contribution is 5.96. The minimum absolute atomic E-state index is 0.0163. The highest BCUT2D eigenvalue weighted by Gasteiger charge is 2.20. The molecule has 0 saturated carbocycles. The molecule has 6 nitrogen and oxygen atoms in total. The predicted octanol–water partition coefficient (Wildman–Crippen LogP) is 2.58. The fourth-order valence-corrected chi connectivity index (χ4v) is 3.64. The number of likely N-dealkylation sites (tertiary alicyclic amines) is 1. The second-order valence-corrected chi connectivity index (χ2v) is 7.31. The van der Waals surface area contributed by atoms with Crippen LogP contribution in [0.2, 0.25) is 0 Å². The Morgan fingerprint density at radius 3 is 2.19 bits per heavy atom. The molecule has 3 rings (SSSR count). The minimum Gasteiger partial charge on any atom is -0.325 e. The van der Waals surface area contributed by atoms with Gasteiger partial charge in [-0.1, -0.05) is 19.3 Å². The number of carbonyl (C=O) groups is 2. The minimum atomic E-state index is -0.100. The van der Waals surface area contributed by atoms with Crippen LogP contribution >= 0.6 is 0 Å². The van der Waals surface area contributed by atoms with E-state index in [1.165, 1.54) is 25.7 Å². The summed E-state index contributed by atoms with van der Waals surface area (Å²) in [7, 11) is 0. The molecule has 0 aromatic heterocycles. The van der Waals surface area contributed by atoms with Crippen molar-refractivity contribution < 1.29 is 9.59 Å². The highest BCUT2D eigenvalue weighted by Crippen LogP contribution is 2.16. The SMILES string of the molecule is O=C(CN1CCCCCC1)Nc1ccc(NC(=O)[C@H]2CCCCN2)cc1. The summed E-state index contributed by atoms with van der Waals surface area (Å²) in [6.07, 6.45) is 8.00. The lowest BCUT2D eigenvalue weighted by Crippen LogP contribution is -2.43. The van der Waals surface area contributed by atoms with E-state index in [0.717, 1.165) is 50.3 Å². The van der Waals surface area contributed by atoms with Crippen LogP contribution in [-0.4, -0.2) is 48.9 Å². The zero-order chi connectivity index (χ0) is 18.2. The first-order chi connectivity index (χ1) is 12.7. The zero-order valence-corrected chi connectivity index (χ0v) is 15.4.